The highest BCUT2D eigenvalue weighted by Gasteiger charge is 2.22. The summed E-state index contributed by atoms with van der Waals surface area (Å²) in [6, 6.07) is 13.1. The number of likely N-dealkylation sites (N-methyl/N-ethyl adjacent to an activating group) is 1. The van der Waals surface area contributed by atoms with E-state index in [0.717, 1.165) is 30.9 Å². The van der Waals surface area contributed by atoms with E-state index in [4.69, 9.17) is 10.4 Å². The summed E-state index contributed by atoms with van der Waals surface area (Å²) in [4.78, 5) is 2.56. The number of nitriles is 1. The van der Waals surface area contributed by atoms with Gasteiger partial charge in [0.25, 0.3) is 0 Å². The summed E-state index contributed by atoms with van der Waals surface area (Å²) in [6.07, 6.45) is 5.16. The van der Waals surface area contributed by atoms with E-state index < -0.39 is 0 Å². The normalized spacial score (nSPS) is 17.7. The molecule has 2 heterocycles. The number of aryl methyl sites for hydroxylation is 1. The van der Waals surface area contributed by atoms with Crippen molar-refractivity contribution in [3.05, 3.63) is 42.1 Å². The number of aromatic nitrogens is 2. The molecular formula is C20H27N5. The lowest BCUT2D eigenvalue weighted by Gasteiger charge is -2.22. The maximum atomic E-state index is 8.82. The molecule has 25 heavy (non-hydrogen) atoms. The first-order chi connectivity index (χ1) is 12.3. The molecule has 0 bridgehead atoms. The Kier molecular flexibility index (Phi) is 6.21. The fraction of sp³-hybridized carbons (Fsp3) is 0.500. The van der Waals surface area contributed by atoms with E-state index in [2.05, 4.69) is 41.5 Å². The molecule has 5 nitrogen and oxygen atoms in total. The molecule has 0 aliphatic carbocycles. The summed E-state index contributed by atoms with van der Waals surface area (Å²) in [5, 5.41) is 17.2. The molecule has 1 saturated heterocycles. The zero-order valence-electron chi connectivity index (χ0n) is 15.0. The summed E-state index contributed by atoms with van der Waals surface area (Å²) in [7, 11) is 0. The van der Waals surface area contributed by atoms with Gasteiger partial charge in [0.15, 0.2) is 0 Å². The molecule has 0 saturated carbocycles. The van der Waals surface area contributed by atoms with E-state index in [0.29, 0.717) is 19.0 Å². The molecule has 132 valence electrons. The van der Waals surface area contributed by atoms with Crippen LogP contribution >= 0.6 is 0 Å². The first kappa shape index (κ1) is 17.7. The minimum Gasteiger partial charge on any atom is -0.311 e. The molecule has 1 unspecified atom stereocenters. The van der Waals surface area contributed by atoms with Crippen molar-refractivity contribution in [2.24, 2.45) is 0 Å². The molecule has 1 aromatic carbocycles. The fourth-order valence-corrected chi connectivity index (χ4v) is 3.63. The van der Waals surface area contributed by atoms with Crippen molar-refractivity contribution >= 4 is 0 Å². The average molecular weight is 337 g/mol. The van der Waals surface area contributed by atoms with Gasteiger partial charge in [-0.25, -0.2) is 0 Å². The summed E-state index contributed by atoms with van der Waals surface area (Å²) >= 11 is 0. The van der Waals surface area contributed by atoms with Crippen LogP contribution in [0.4, 0.5) is 0 Å². The van der Waals surface area contributed by atoms with Crippen LogP contribution in [0.25, 0.3) is 11.3 Å². The van der Waals surface area contributed by atoms with Gasteiger partial charge in [-0.3, -0.25) is 9.58 Å². The molecule has 1 aliphatic heterocycles. The Bertz CT molecular complexity index is 701. The topological polar surface area (TPSA) is 56.9 Å². The van der Waals surface area contributed by atoms with Crippen LogP contribution in [0.15, 0.2) is 36.5 Å². The van der Waals surface area contributed by atoms with Gasteiger partial charge in [0.2, 0.25) is 0 Å². The molecule has 0 amide bonds. The number of hydrogen-bond donors (Lipinski definition) is 1. The van der Waals surface area contributed by atoms with Gasteiger partial charge in [0.05, 0.1) is 24.7 Å². The van der Waals surface area contributed by atoms with Crippen LogP contribution in [0.5, 0.6) is 0 Å². The third kappa shape index (κ3) is 4.47. The van der Waals surface area contributed by atoms with Gasteiger partial charge >= 0.3 is 0 Å². The van der Waals surface area contributed by atoms with Crippen molar-refractivity contribution in [2.45, 2.75) is 45.3 Å². The molecular weight excluding hydrogens is 310 g/mol. The molecule has 1 aliphatic rings. The van der Waals surface area contributed by atoms with Crippen LogP contribution in [0, 0.1) is 11.3 Å². The van der Waals surface area contributed by atoms with E-state index in [-0.39, 0.29) is 0 Å². The van der Waals surface area contributed by atoms with Crippen molar-refractivity contribution in [3.63, 3.8) is 0 Å². The predicted molar refractivity (Wildman–Crippen MR) is 99.9 cm³/mol. The average Bonchev–Trinajstić information content (AvgIpc) is 3.27. The van der Waals surface area contributed by atoms with Gasteiger partial charge in [-0.15, -0.1) is 0 Å². The van der Waals surface area contributed by atoms with Crippen LogP contribution in [-0.4, -0.2) is 40.4 Å². The van der Waals surface area contributed by atoms with Gasteiger partial charge in [-0.05, 0) is 25.9 Å². The highest BCUT2D eigenvalue weighted by Crippen LogP contribution is 2.22. The smallest absolute Gasteiger partial charge is 0.0968 e. The van der Waals surface area contributed by atoms with Crippen LogP contribution in [0.1, 0.15) is 31.7 Å². The van der Waals surface area contributed by atoms with Crippen molar-refractivity contribution in [2.75, 3.05) is 19.6 Å². The Balaban J connectivity index is 1.68. The van der Waals surface area contributed by atoms with E-state index in [9.17, 15) is 0 Å². The van der Waals surface area contributed by atoms with E-state index in [1.165, 1.54) is 24.9 Å². The lowest BCUT2D eigenvalue weighted by Crippen LogP contribution is -2.37. The molecule has 0 radical (unpaired) electrons. The quantitative estimate of drug-likeness (QED) is 0.804. The number of benzene rings is 1. The van der Waals surface area contributed by atoms with Crippen molar-refractivity contribution in [1.82, 2.24) is 20.0 Å². The maximum absolute atomic E-state index is 8.82. The summed E-state index contributed by atoms with van der Waals surface area (Å²) in [6.45, 7) is 7.07. The van der Waals surface area contributed by atoms with E-state index >= 15 is 0 Å². The number of nitrogens with one attached hydrogen (secondary N) is 1. The molecule has 1 fully saturated rings. The third-order valence-corrected chi connectivity index (χ3v) is 4.94. The molecule has 5 heteroatoms. The standard InChI is InChI=1S/C20H27N5/c1-2-24-12-6-10-19(24)15-22-14-18-16-25(13-7-11-21)23-20(18)17-8-4-3-5-9-17/h3-5,8-9,16,19,22H,2,6-7,10,12-15H2,1H3. The molecule has 1 N–H and O–H groups in total. The second-order valence-corrected chi connectivity index (χ2v) is 6.60. The molecule has 1 aromatic heterocycles. The predicted octanol–water partition coefficient (Wildman–Crippen LogP) is 3.04. The summed E-state index contributed by atoms with van der Waals surface area (Å²) in [5.74, 6) is 0. The number of nitrogens with zero attached hydrogens (tertiary/aromatic N) is 4. The fourth-order valence-electron chi connectivity index (χ4n) is 3.63. The molecule has 3 rings (SSSR count). The first-order valence-electron chi connectivity index (χ1n) is 9.25. The van der Waals surface area contributed by atoms with Gasteiger partial charge in [-0.1, -0.05) is 37.3 Å². The van der Waals surface area contributed by atoms with E-state index in [1.54, 1.807) is 0 Å². The minimum atomic E-state index is 0.482. The number of hydrogen-bond acceptors (Lipinski definition) is 4. The number of likely N-dealkylation sites (tertiary alicyclic amines) is 1. The number of rotatable bonds is 8. The summed E-state index contributed by atoms with van der Waals surface area (Å²) in [5.41, 5.74) is 3.35. The minimum absolute atomic E-state index is 0.482. The zero-order chi connectivity index (χ0) is 17.5. The van der Waals surface area contributed by atoms with Crippen molar-refractivity contribution in [3.8, 4) is 17.3 Å². The highest BCUT2D eigenvalue weighted by molar-refractivity contribution is 5.62. The molecule has 2 aromatic rings. The van der Waals surface area contributed by atoms with Gasteiger partial charge in [0.1, 0.15) is 0 Å². The maximum Gasteiger partial charge on any atom is 0.0968 e. The van der Waals surface area contributed by atoms with Gasteiger partial charge < -0.3 is 5.32 Å². The van der Waals surface area contributed by atoms with Crippen LogP contribution < -0.4 is 5.32 Å². The Hall–Kier alpha value is -2.16. The van der Waals surface area contributed by atoms with E-state index in [1.807, 2.05) is 22.9 Å². The lowest BCUT2D eigenvalue weighted by atomic mass is 10.1. The SMILES string of the molecule is CCN1CCCC1CNCc1cn(CCC#N)nc1-c1ccccc1. The Morgan fingerprint density at radius 1 is 1.32 bits per heavy atom. The Labute approximate surface area is 150 Å². The first-order valence-corrected chi connectivity index (χ1v) is 9.25. The second kappa shape index (κ2) is 8.80. The Morgan fingerprint density at radius 2 is 2.16 bits per heavy atom. The van der Waals surface area contributed by atoms with Gasteiger partial charge in [-0.2, -0.15) is 10.4 Å². The van der Waals surface area contributed by atoms with Crippen LogP contribution in [-0.2, 0) is 13.1 Å². The largest absolute Gasteiger partial charge is 0.311 e. The van der Waals surface area contributed by atoms with Crippen molar-refractivity contribution < 1.29 is 0 Å². The second-order valence-electron chi connectivity index (χ2n) is 6.60. The van der Waals surface area contributed by atoms with Crippen molar-refractivity contribution in [1.29, 1.82) is 5.26 Å². The molecule has 0 spiro atoms. The highest BCUT2D eigenvalue weighted by atomic mass is 15.3. The lowest BCUT2D eigenvalue weighted by molar-refractivity contribution is 0.260. The Morgan fingerprint density at radius 3 is 2.92 bits per heavy atom. The van der Waals surface area contributed by atoms with Gasteiger partial charge in [0, 0.05) is 36.5 Å². The van der Waals surface area contributed by atoms with Crippen LogP contribution in [0.2, 0.25) is 0 Å². The summed E-state index contributed by atoms with van der Waals surface area (Å²) < 4.78 is 1.90. The third-order valence-electron chi connectivity index (χ3n) is 4.94. The monoisotopic (exact) mass is 337 g/mol. The molecule has 1 atom stereocenters. The van der Waals surface area contributed by atoms with Crippen LogP contribution in [0.3, 0.4) is 0 Å². The zero-order valence-corrected chi connectivity index (χ0v) is 15.0.